The van der Waals surface area contributed by atoms with Gasteiger partial charge in [0.25, 0.3) is 0 Å². The zero-order chi connectivity index (χ0) is 16.7. The van der Waals surface area contributed by atoms with Crippen molar-refractivity contribution in [3.8, 4) is 0 Å². The van der Waals surface area contributed by atoms with Gasteiger partial charge in [-0.1, -0.05) is 24.3 Å². The standard InChI is InChI=1S/C19H24N2O2/c1-3-21(18-9-4-6-15(2)12-18)11-10-20-14-16-7-5-8-17(13-16)19(22)23/h4-9,12-13,20H,3,10-11,14H2,1-2H3,(H,22,23). The van der Waals surface area contributed by atoms with E-state index < -0.39 is 5.97 Å². The molecule has 2 aromatic rings. The molecule has 2 rings (SSSR count). The molecule has 0 spiro atoms. The largest absolute Gasteiger partial charge is 0.478 e. The second-order valence-electron chi connectivity index (χ2n) is 5.60. The first-order chi connectivity index (χ1) is 11.1. The second-order valence-corrected chi connectivity index (χ2v) is 5.60. The highest BCUT2D eigenvalue weighted by Crippen LogP contribution is 2.15. The van der Waals surface area contributed by atoms with E-state index in [0.29, 0.717) is 12.1 Å². The van der Waals surface area contributed by atoms with E-state index in [1.54, 1.807) is 18.2 Å². The molecule has 2 aromatic carbocycles. The van der Waals surface area contributed by atoms with E-state index in [0.717, 1.165) is 25.2 Å². The molecule has 4 nitrogen and oxygen atoms in total. The van der Waals surface area contributed by atoms with Crippen molar-refractivity contribution in [1.29, 1.82) is 0 Å². The Morgan fingerprint density at radius 2 is 1.96 bits per heavy atom. The Hall–Kier alpha value is -2.33. The maximum atomic E-state index is 11.0. The number of hydrogen-bond donors (Lipinski definition) is 2. The van der Waals surface area contributed by atoms with E-state index in [9.17, 15) is 4.79 Å². The number of aromatic carboxylic acids is 1. The zero-order valence-corrected chi connectivity index (χ0v) is 13.7. The summed E-state index contributed by atoms with van der Waals surface area (Å²) in [5.74, 6) is -0.886. The maximum Gasteiger partial charge on any atom is 0.335 e. The summed E-state index contributed by atoms with van der Waals surface area (Å²) in [6.07, 6.45) is 0. The first-order valence-corrected chi connectivity index (χ1v) is 7.94. The van der Waals surface area contributed by atoms with Crippen LogP contribution in [0.4, 0.5) is 5.69 Å². The van der Waals surface area contributed by atoms with Crippen LogP contribution >= 0.6 is 0 Å². The third-order valence-electron chi connectivity index (χ3n) is 3.81. The van der Waals surface area contributed by atoms with Crippen LogP contribution in [-0.2, 0) is 6.54 Å². The van der Waals surface area contributed by atoms with Crippen LogP contribution < -0.4 is 10.2 Å². The monoisotopic (exact) mass is 312 g/mol. The molecule has 0 saturated carbocycles. The number of carbonyl (C=O) groups is 1. The number of anilines is 1. The number of hydrogen-bond acceptors (Lipinski definition) is 3. The lowest BCUT2D eigenvalue weighted by atomic mass is 10.1. The number of benzene rings is 2. The van der Waals surface area contributed by atoms with Crippen LogP contribution in [0.5, 0.6) is 0 Å². The van der Waals surface area contributed by atoms with Gasteiger partial charge in [-0.25, -0.2) is 4.79 Å². The van der Waals surface area contributed by atoms with Crippen LogP contribution in [0.25, 0.3) is 0 Å². The van der Waals surface area contributed by atoms with Crippen LogP contribution in [0.3, 0.4) is 0 Å². The molecule has 4 heteroatoms. The summed E-state index contributed by atoms with van der Waals surface area (Å²) >= 11 is 0. The average molecular weight is 312 g/mol. The third-order valence-corrected chi connectivity index (χ3v) is 3.81. The van der Waals surface area contributed by atoms with E-state index in [2.05, 4.69) is 48.3 Å². The zero-order valence-electron chi connectivity index (χ0n) is 13.7. The molecule has 0 radical (unpaired) electrons. The number of nitrogens with one attached hydrogen (secondary N) is 1. The van der Waals surface area contributed by atoms with Crippen LogP contribution in [0, 0.1) is 6.92 Å². The van der Waals surface area contributed by atoms with Crippen LogP contribution in [0.1, 0.15) is 28.4 Å². The number of nitrogens with zero attached hydrogens (tertiary/aromatic N) is 1. The second kappa shape index (κ2) is 8.34. The van der Waals surface area contributed by atoms with E-state index in [1.807, 2.05) is 6.07 Å². The highest BCUT2D eigenvalue weighted by molar-refractivity contribution is 5.87. The van der Waals surface area contributed by atoms with E-state index in [1.165, 1.54) is 11.3 Å². The van der Waals surface area contributed by atoms with Crippen molar-refractivity contribution in [3.05, 3.63) is 65.2 Å². The Kier molecular flexibility index (Phi) is 6.18. The molecule has 23 heavy (non-hydrogen) atoms. The van der Waals surface area contributed by atoms with Crippen LogP contribution in [-0.4, -0.2) is 30.7 Å². The molecule has 0 atom stereocenters. The predicted molar refractivity (Wildman–Crippen MR) is 94.2 cm³/mol. The summed E-state index contributed by atoms with van der Waals surface area (Å²) < 4.78 is 0. The van der Waals surface area contributed by atoms with Crippen molar-refractivity contribution in [2.45, 2.75) is 20.4 Å². The smallest absolute Gasteiger partial charge is 0.335 e. The number of carboxylic acids is 1. The topological polar surface area (TPSA) is 52.6 Å². The van der Waals surface area contributed by atoms with Crippen molar-refractivity contribution >= 4 is 11.7 Å². The van der Waals surface area contributed by atoms with E-state index in [-0.39, 0.29) is 0 Å². The van der Waals surface area contributed by atoms with Crippen molar-refractivity contribution in [1.82, 2.24) is 5.32 Å². The summed E-state index contributed by atoms with van der Waals surface area (Å²) in [4.78, 5) is 13.3. The van der Waals surface area contributed by atoms with Crippen molar-refractivity contribution in [3.63, 3.8) is 0 Å². The lowest BCUT2D eigenvalue weighted by Crippen LogP contribution is -2.31. The fourth-order valence-corrected chi connectivity index (χ4v) is 2.56. The summed E-state index contributed by atoms with van der Waals surface area (Å²) in [5.41, 5.74) is 3.82. The molecule has 0 aromatic heterocycles. The first kappa shape index (κ1) is 17.0. The lowest BCUT2D eigenvalue weighted by Gasteiger charge is -2.23. The van der Waals surface area contributed by atoms with Gasteiger partial charge in [0.2, 0.25) is 0 Å². The summed E-state index contributed by atoms with van der Waals surface area (Å²) in [5, 5.41) is 12.4. The summed E-state index contributed by atoms with van der Waals surface area (Å²) in [7, 11) is 0. The van der Waals surface area contributed by atoms with Gasteiger partial charge in [-0.2, -0.15) is 0 Å². The Bertz CT molecular complexity index is 655. The van der Waals surface area contributed by atoms with Crippen molar-refractivity contribution < 1.29 is 9.90 Å². The fraction of sp³-hybridized carbons (Fsp3) is 0.316. The number of likely N-dealkylation sites (N-methyl/N-ethyl adjacent to an activating group) is 1. The van der Waals surface area contributed by atoms with Gasteiger partial charge in [0.1, 0.15) is 0 Å². The average Bonchev–Trinajstić information content (AvgIpc) is 2.55. The highest BCUT2D eigenvalue weighted by atomic mass is 16.4. The third kappa shape index (κ3) is 5.11. The highest BCUT2D eigenvalue weighted by Gasteiger charge is 2.05. The molecule has 0 heterocycles. The van der Waals surface area contributed by atoms with E-state index in [4.69, 9.17) is 5.11 Å². The molecule has 0 unspecified atom stereocenters. The number of aryl methyl sites for hydroxylation is 1. The predicted octanol–water partition coefficient (Wildman–Crippen LogP) is 3.31. The molecule has 0 bridgehead atoms. The van der Waals surface area contributed by atoms with Gasteiger partial charge in [0, 0.05) is 31.9 Å². The normalized spacial score (nSPS) is 10.5. The molecule has 0 aliphatic heterocycles. The summed E-state index contributed by atoms with van der Waals surface area (Å²) in [6.45, 7) is 7.65. The van der Waals surface area contributed by atoms with Gasteiger partial charge >= 0.3 is 5.97 Å². The molecule has 122 valence electrons. The Balaban J connectivity index is 1.84. The van der Waals surface area contributed by atoms with Crippen molar-refractivity contribution in [2.75, 3.05) is 24.5 Å². The minimum absolute atomic E-state index is 0.333. The summed E-state index contributed by atoms with van der Waals surface area (Å²) in [6, 6.07) is 15.6. The van der Waals surface area contributed by atoms with Crippen molar-refractivity contribution in [2.24, 2.45) is 0 Å². The lowest BCUT2D eigenvalue weighted by molar-refractivity contribution is 0.0696. The Labute approximate surface area is 137 Å². The molecular formula is C19H24N2O2. The maximum absolute atomic E-state index is 11.0. The van der Waals surface area contributed by atoms with Gasteiger partial charge in [-0.15, -0.1) is 0 Å². The number of rotatable bonds is 8. The molecule has 0 saturated heterocycles. The molecule has 0 amide bonds. The van der Waals surface area contributed by atoms with E-state index >= 15 is 0 Å². The first-order valence-electron chi connectivity index (χ1n) is 7.94. The van der Waals surface area contributed by atoms with Crippen LogP contribution in [0.2, 0.25) is 0 Å². The van der Waals surface area contributed by atoms with Gasteiger partial charge in [-0.05, 0) is 49.2 Å². The molecule has 0 aliphatic carbocycles. The SMILES string of the molecule is CCN(CCNCc1cccc(C(=O)O)c1)c1cccc(C)c1. The minimum atomic E-state index is -0.886. The van der Waals surface area contributed by atoms with Crippen LogP contribution in [0.15, 0.2) is 48.5 Å². The minimum Gasteiger partial charge on any atom is -0.478 e. The molecule has 0 aliphatic rings. The Morgan fingerprint density at radius 1 is 1.17 bits per heavy atom. The molecule has 2 N–H and O–H groups in total. The number of carboxylic acid groups (broad SMARTS) is 1. The van der Waals surface area contributed by atoms with Gasteiger partial charge in [0.15, 0.2) is 0 Å². The van der Waals surface area contributed by atoms with Gasteiger partial charge in [0.05, 0.1) is 5.56 Å². The molecule has 0 fully saturated rings. The fourth-order valence-electron chi connectivity index (χ4n) is 2.56. The quantitative estimate of drug-likeness (QED) is 0.734. The van der Waals surface area contributed by atoms with Gasteiger partial charge in [-0.3, -0.25) is 0 Å². The Morgan fingerprint density at radius 3 is 2.65 bits per heavy atom. The van der Waals surface area contributed by atoms with Gasteiger partial charge < -0.3 is 15.3 Å². The molecular weight excluding hydrogens is 288 g/mol.